The Morgan fingerprint density at radius 2 is 1.85 bits per heavy atom. The molecular weight excluding hydrogens is 180 g/mol. The first-order valence-electron chi connectivity index (χ1n) is 4.74. The number of rotatable bonds is 2. The van der Waals surface area contributed by atoms with E-state index in [-0.39, 0.29) is 0 Å². The minimum atomic E-state index is -0.750. The number of hydrogen-bond acceptors (Lipinski definition) is 1. The van der Waals surface area contributed by atoms with Crippen molar-refractivity contribution in [1.82, 2.24) is 0 Å². The summed E-state index contributed by atoms with van der Waals surface area (Å²) in [7, 11) is -0.750. The zero-order chi connectivity index (χ0) is 9.26. The highest BCUT2D eigenvalue weighted by molar-refractivity contribution is 7.85. The van der Waals surface area contributed by atoms with Gasteiger partial charge < -0.3 is 0 Å². The molecule has 0 amide bonds. The van der Waals surface area contributed by atoms with Crippen molar-refractivity contribution in [2.24, 2.45) is 0 Å². The van der Waals surface area contributed by atoms with Gasteiger partial charge in [0.15, 0.2) is 0 Å². The third-order valence-corrected chi connectivity index (χ3v) is 4.42. The van der Waals surface area contributed by atoms with Gasteiger partial charge in [-0.3, -0.25) is 4.21 Å². The highest BCUT2D eigenvalue weighted by Crippen LogP contribution is 2.27. The molecule has 1 saturated carbocycles. The number of benzene rings is 1. The average molecular weight is 194 g/mol. The van der Waals surface area contributed by atoms with Crippen molar-refractivity contribution in [1.29, 1.82) is 0 Å². The van der Waals surface area contributed by atoms with Crippen LogP contribution in [0.5, 0.6) is 0 Å². The maximum atomic E-state index is 11.8. The van der Waals surface area contributed by atoms with Crippen LogP contribution in [0, 0.1) is 6.92 Å². The molecule has 1 aromatic rings. The molecule has 70 valence electrons. The first kappa shape index (κ1) is 8.95. The van der Waals surface area contributed by atoms with Crippen LogP contribution in [0.4, 0.5) is 0 Å². The van der Waals surface area contributed by atoms with Gasteiger partial charge in [0.1, 0.15) is 0 Å². The van der Waals surface area contributed by atoms with Gasteiger partial charge in [-0.05, 0) is 31.9 Å². The van der Waals surface area contributed by atoms with E-state index in [9.17, 15) is 4.21 Å². The van der Waals surface area contributed by atoms with Gasteiger partial charge in [0, 0.05) is 10.1 Å². The minimum absolute atomic E-state index is 0.433. The van der Waals surface area contributed by atoms with E-state index >= 15 is 0 Å². The Bertz CT molecular complexity index is 311. The molecule has 0 spiro atoms. The lowest BCUT2D eigenvalue weighted by molar-refractivity contribution is 0.505. The van der Waals surface area contributed by atoms with Crippen molar-refractivity contribution in [2.75, 3.05) is 0 Å². The fourth-order valence-corrected chi connectivity index (χ4v) is 3.00. The van der Waals surface area contributed by atoms with Crippen LogP contribution in [-0.4, -0.2) is 9.46 Å². The van der Waals surface area contributed by atoms with Gasteiger partial charge in [-0.15, -0.1) is 0 Å². The van der Waals surface area contributed by atoms with E-state index in [2.05, 4.69) is 6.92 Å². The van der Waals surface area contributed by atoms with E-state index in [1.165, 1.54) is 12.0 Å². The van der Waals surface area contributed by atoms with Gasteiger partial charge in [0.2, 0.25) is 0 Å². The predicted molar refractivity (Wildman–Crippen MR) is 55.2 cm³/mol. The lowest BCUT2D eigenvalue weighted by atomic mass is 10.00. The van der Waals surface area contributed by atoms with Crippen LogP contribution in [-0.2, 0) is 10.8 Å². The second-order valence-electron chi connectivity index (χ2n) is 3.66. The van der Waals surface area contributed by atoms with Crippen LogP contribution in [0.2, 0.25) is 0 Å². The highest BCUT2D eigenvalue weighted by atomic mass is 32.2. The van der Waals surface area contributed by atoms with Gasteiger partial charge in [-0.2, -0.15) is 0 Å². The monoisotopic (exact) mass is 194 g/mol. The van der Waals surface area contributed by atoms with Gasteiger partial charge in [0.25, 0.3) is 0 Å². The molecule has 1 atom stereocenters. The summed E-state index contributed by atoms with van der Waals surface area (Å²) in [6.07, 6.45) is 3.53. The zero-order valence-corrected chi connectivity index (χ0v) is 8.64. The first-order valence-corrected chi connectivity index (χ1v) is 5.96. The Morgan fingerprint density at radius 1 is 1.23 bits per heavy atom. The topological polar surface area (TPSA) is 17.1 Å². The fourth-order valence-electron chi connectivity index (χ4n) is 1.45. The Hall–Kier alpha value is -0.630. The second-order valence-corrected chi connectivity index (χ2v) is 5.40. The Balaban J connectivity index is 2.15. The molecule has 2 heteroatoms. The lowest BCUT2D eigenvalue weighted by Crippen LogP contribution is -2.23. The molecule has 1 fully saturated rings. The van der Waals surface area contributed by atoms with E-state index in [0.717, 1.165) is 17.7 Å². The standard InChI is InChI=1S/C11H14OS/c1-9-5-7-11(8-6-9)13(12)10-3-2-4-10/h5-8,10H,2-4H2,1H3/t13-/m1/s1. The summed E-state index contributed by atoms with van der Waals surface area (Å²) in [5, 5.41) is 0.433. The van der Waals surface area contributed by atoms with Crippen molar-refractivity contribution in [2.45, 2.75) is 36.3 Å². The summed E-state index contributed by atoms with van der Waals surface area (Å²) in [5.74, 6) is 0. The van der Waals surface area contributed by atoms with Gasteiger partial charge in [-0.25, -0.2) is 0 Å². The Morgan fingerprint density at radius 3 is 2.31 bits per heavy atom. The second kappa shape index (κ2) is 3.62. The van der Waals surface area contributed by atoms with Crippen LogP contribution < -0.4 is 0 Å². The van der Waals surface area contributed by atoms with Crippen molar-refractivity contribution in [3.63, 3.8) is 0 Å². The molecule has 1 aromatic carbocycles. The van der Waals surface area contributed by atoms with Crippen LogP contribution >= 0.6 is 0 Å². The summed E-state index contributed by atoms with van der Waals surface area (Å²) in [4.78, 5) is 0.996. The molecule has 0 unspecified atom stereocenters. The molecule has 1 nitrogen and oxygen atoms in total. The zero-order valence-electron chi connectivity index (χ0n) is 7.82. The molecule has 0 bridgehead atoms. The smallest absolute Gasteiger partial charge is 0.0560 e. The summed E-state index contributed by atoms with van der Waals surface area (Å²) < 4.78 is 11.8. The van der Waals surface area contributed by atoms with Crippen LogP contribution in [0.1, 0.15) is 24.8 Å². The Labute approximate surface area is 81.6 Å². The third-order valence-electron chi connectivity index (χ3n) is 2.61. The molecule has 1 aliphatic carbocycles. The fraction of sp³-hybridized carbons (Fsp3) is 0.455. The van der Waals surface area contributed by atoms with Crippen LogP contribution in [0.25, 0.3) is 0 Å². The van der Waals surface area contributed by atoms with Gasteiger partial charge in [-0.1, -0.05) is 24.1 Å². The summed E-state index contributed by atoms with van der Waals surface area (Å²) in [6, 6.07) is 8.05. The summed E-state index contributed by atoms with van der Waals surface area (Å²) in [5.41, 5.74) is 1.23. The molecule has 13 heavy (non-hydrogen) atoms. The van der Waals surface area contributed by atoms with Crippen molar-refractivity contribution >= 4 is 10.8 Å². The van der Waals surface area contributed by atoms with Crippen molar-refractivity contribution in [3.8, 4) is 0 Å². The predicted octanol–water partition coefficient (Wildman–Crippen LogP) is 2.66. The largest absolute Gasteiger partial charge is 0.254 e. The SMILES string of the molecule is Cc1ccc([S@](=O)C2CCC2)cc1. The molecule has 0 aromatic heterocycles. The van der Waals surface area contributed by atoms with Crippen LogP contribution in [0.15, 0.2) is 29.2 Å². The normalized spacial score (nSPS) is 19.5. The van der Waals surface area contributed by atoms with E-state index in [1.54, 1.807) is 0 Å². The Kier molecular flexibility index (Phi) is 2.49. The maximum Gasteiger partial charge on any atom is 0.0560 e. The average Bonchev–Trinajstić information content (AvgIpc) is 2.02. The lowest BCUT2D eigenvalue weighted by Gasteiger charge is -2.24. The summed E-state index contributed by atoms with van der Waals surface area (Å²) >= 11 is 0. The molecule has 2 rings (SSSR count). The molecule has 0 heterocycles. The molecule has 0 saturated heterocycles. The van der Waals surface area contributed by atoms with E-state index < -0.39 is 10.8 Å². The summed E-state index contributed by atoms with van der Waals surface area (Å²) in [6.45, 7) is 2.05. The van der Waals surface area contributed by atoms with Crippen molar-refractivity contribution in [3.05, 3.63) is 29.8 Å². The highest BCUT2D eigenvalue weighted by Gasteiger charge is 2.24. The van der Waals surface area contributed by atoms with Crippen molar-refractivity contribution < 1.29 is 4.21 Å². The molecule has 0 radical (unpaired) electrons. The molecule has 0 aliphatic heterocycles. The third kappa shape index (κ3) is 1.83. The van der Waals surface area contributed by atoms with Gasteiger partial charge in [0.05, 0.1) is 10.8 Å². The van der Waals surface area contributed by atoms with E-state index in [1.807, 2.05) is 24.3 Å². The van der Waals surface area contributed by atoms with Crippen LogP contribution in [0.3, 0.4) is 0 Å². The van der Waals surface area contributed by atoms with E-state index in [0.29, 0.717) is 5.25 Å². The number of aryl methyl sites for hydroxylation is 1. The van der Waals surface area contributed by atoms with E-state index in [4.69, 9.17) is 0 Å². The molecular formula is C11H14OS. The minimum Gasteiger partial charge on any atom is -0.254 e. The first-order chi connectivity index (χ1) is 6.27. The molecule has 1 aliphatic rings. The molecule has 0 N–H and O–H groups in total. The quantitative estimate of drug-likeness (QED) is 0.707. The number of hydrogen-bond donors (Lipinski definition) is 0. The maximum absolute atomic E-state index is 11.8. The van der Waals surface area contributed by atoms with Gasteiger partial charge >= 0.3 is 0 Å².